The van der Waals surface area contributed by atoms with Crippen molar-refractivity contribution in [1.29, 1.82) is 0 Å². The number of carbonyl (C=O) groups excluding carboxylic acids is 1. The van der Waals surface area contributed by atoms with Gasteiger partial charge in [-0.1, -0.05) is 18.2 Å². The number of likely N-dealkylation sites (tertiary alicyclic amines) is 1. The number of nitrogens with one attached hydrogen (secondary N) is 1. The molecule has 1 fully saturated rings. The van der Waals surface area contributed by atoms with Gasteiger partial charge in [0.15, 0.2) is 0 Å². The van der Waals surface area contributed by atoms with Crippen molar-refractivity contribution in [1.82, 2.24) is 9.88 Å². The summed E-state index contributed by atoms with van der Waals surface area (Å²) in [5.41, 5.74) is 1.91. The summed E-state index contributed by atoms with van der Waals surface area (Å²) in [4.78, 5) is 18.6. The smallest absolute Gasteiger partial charge is 0.244 e. The number of hydrogen-bond donors (Lipinski definition) is 1. The van der Waals surface area contributed by atoms with Gasteiger partial charge >= 0.3 is 0 Å². The summed E-state index contributed by atoms with van der Waals surface area (Å²) in [5, 5.41) is 4.38. The molecule has 1 amide bonds. The Balaban J connectivity index is 1.80. The first-order valence-corrected chi connectivity index (χ1v) is 7.15. The maximum Gasteiger partial charge on any atom is 0.244 e. The van der Waals surface area contributed by atoms with Crippen LogP contribution in [-0.2, 0) is 4.79 Å². The molecule has 0 saturated carbocycles. The molecule has 1 aromatic carbocycles. The molecular formula is C16H19N3O. The third-order valence-corrected chi connectivity index (χ3v) is 3.81. The highest BCUT2D eigenvalue weighted by Crippen LogP contribution is 2.22. The lowest BCUT2D eigenvalue weighted by molar-refractivity contribution is -0.130. The predicted molar refractivity (Wildman–Crippen MR) is 80.6 cm³/mol. The predicted octanol–water partition coefficient (Wildman–Crippen LogP) is 2.66. The van der Waals surface area contributed by atoms with Crippen LogP contribution in [0.5, 0.6) is 0 Å². The quantitative estimate of drug-likeness (QED) is 0.931. The van der Waals surface area contributed by atoms with E-state index in [1.54, 1.807) is 6.20 Å². The van der Waals surface area contributed by atoms with Crippen molar-refractivity contribution < 1.29 is 4.79 Å². The van der Waals surface area contributed by atoms with E-state index in [2.05, 4.69) is 10.3 Å². The molecule has 4 nitrogen and oxygen atoms in total. The zero-order valence-electron chi connectivity index (χ0n) is 11.7. The molecule has 1 aliphatic rings. The number of hydrogen-bond acceptors (Lipinski definition) is 3. The number of aromatic nitrogens is 1. The van der Waals surface area contributed by atoms with Crippen molar-refractivity contribution in [2.75, 3.05) is 18.4 Å². The fourth-order valence-electron chi connectivity index (χ4n) is 2.73. The lowest BCUT2D eigenvalue weighted by Crippen LogP contribution is -2.39. The van der Waals surface area contributed by atoms with Crippen LogP contribution in [0.3, 0.4) is 0 Å². The van der Waals surface area contributed by atoms with Crippen LogP contribution in [0, 0.1) is 0 Å². The van der Waals surface area contributed by atoms with E-state index in [-0.39, 0.29) is 11.9 Å². The molecule has 0 bridgehead atoms. The molecule has 1 aromatic heterocycles. The van der Waals surface area contributed by atoms with Crippen LogP contribution in [0.15, 0.2) is 36.5 Å². The minimum absolute atomic E-state index is 0.184. The fraction of sp³-hybridized carbons (Fsp3) is 0.375. The molecule has 4 heteroatoms. The maximum absolute atomic E-state index is 12.3. The van der Waals surface area contributed by atoms with Gasteiger partial charge in [0, 0.05) is 30.4 Å². The number of rotatable bonds is 3. The average molecular weight is 269 g/mol. The second-order valence-electron chi connectivity index (χ2n) is 5.27. The molecule has 1 N–H and O–H groups in total. The van der Waals surface area contributed by atoms with Gasteiger partial charge in [-0.25, -0.2) is 0 Å². The van der Waals surface area contributed by atoms with Crippen LogP contribution < -0.4 is 5.32 Å². The number of amides is 1. The molecule has 1 atom stereocenters. The van der Waals surface area contributed by atoms with Crippen LogP contribution in [0.2, 0.25) is 0 Å². The number of pyridine rings is 1. The molecule has 3 rings (SSSR count). The van der Waals surface area contributed by atoms with Crippen LogP contribution in [0.1, 0.15) is 19.8 Å². The summed E-state index contributed by atoms with van der Waals surface area (Å²) in [6.45, 7) is 3.71. The van der Waals surface area contributed by atoms with Gasteiger partial charge in [0.1, 0.15) is 6.04 Å². The van der Waals surface area contributed by atoms with Gasteiger partial charge in [0.2, 0.25) is 5.91 Å². The molecule has 1 unspecified atom stereocenters. The van der Waals surface area contributed by atoms with Crippen molar-refractivity contribution in [3.05, 3.63) is 36.5 Å². The number of fused-ring (bicyclic) bond motifs is 1. The first-order chi connectivity index (χ1) is 9.75. The molecule has 104 valence electrons. The van der Waals surface area contributed by atoms with E-state index in [1.165, 1.54) is 0 Å². The highest BCUT2D eigenvalue weighted by Gasteiger charge is 2.23. The standard InChI is InChI=1S/C16H19N3O/c1-12(16(20)19-10-4-5-11-19)18-15-8-9-17-14-7-3-2-6-13(14)15/h2-3,6-9,12H,4-5,10-11H2,1H3,(H,17,18). The van der Waals surface area contributed by atoms with E-state index in [4.69, 9.17) is 0 Å². The van der Waals surface area contributed by atoms with Gasteiger partial charge < -0.3 is 10.2 Å². The first-order valence-electron chi connectivity index (χ1n) is 7.15. The third kappa shape index (κ3) is 2.46. The largest absolute Gasteiger partial charge is 0.373 e. The number of para-hydroxylation sites is 1. The second-order valence-corrected chi connectivity index (χ2v) is 5.27. The maximum atomic E-state index is 12.3. The first kappa shape index (κ1) is 12.9. The Bertz CT molecular complexity index is 615. The highest BCUT2D eigenvalue weighted by atomic mass is 16.2. The number of nitrogens with zero attached hydrogens (tertiary/aromatic N) is 2. The number of benzene rings is 1. The van der Waals surface area contributed by atoms with Crippen molar-refractivity contribution in [3.8, 4) is 0 Å². The van der Waals surface area contributed by atoms with Crippen molar-refractivity contribution in [2.24, 2.45) is 0 Å². The average Bonchev–Trinajstić information content (AvgIpc) is 3.01. The summed E-state index contributed by atoms with van der Waals surface area (Å²) < 4.78 is 0. The lowest BCUT2D eigenvalue weighted by Gasteiger charge is -2.22. The Morgan fingerprint density at radius 1 is 1.25 bits per heavy atom. The fourth-order valence-corrected chi connectivity index (χ4v) is 2.73. The molecule has 20 heavy (non-hydrogen) atoms. The van der Waals surface area contributed by atoms with Gasteiger partial charge in [-0.2, -0.15) is 0 Å². The Morgan fingerprint density at radius 2 is 2.00 bits per heavy atom. The van der Waals surface area contributed by atoms with E-state index in [0.29, 0.717) is 0 Å². The number of anilines is 1. The zero-order chi connectivity index (χ0) is 13.9. The Kier molecular flexibility index (Phi) is 3.54. The van der Waals surface area contributed by atoms with Gasteiger partial charge in [-0.3, -0.25) is 9.78 Å². The third-order valence-electron chi connectivity index (χ3n) is 3.81. The van der Waals surface area contributed by atoms with Gasteiger partial charge in [-0.15, -0.1) is 0 Å². The SMILES string of the molecule is CC(Nc1ccnc2ccccc12)C(=O)N1CCCC1. The molecular weight excluding hydrogens is 250 g/mol. The normalized spacial score (nSPS) is 16.4. The molecule has 0 spiro atoms. The van der Waals surface area contributed by atoms with Crippen molar-refractivity contribution in [3.63, 3.8) is 0 Å². The summed E-state index contributed by atoms with van der Waals surface area (Å²) >= 11 is 0. The summed E-state index contributed by atoms with van der Waals surface area (Å²) in [6.07, 6.45) is 4.02. The van der Waals surface area contributed by atoms with Crippen molar-refractivity contribution in [2.45, 2.75) is 25.8 Å². The molecule has 1 saturated heterocycles. The molecule has 1 aliphatic heterocycles. The van der Waals surface area contributed by atoms with Gasteiger partial charge in [-0.05, 0) is 31.9 Å². The van der Waals surface area contributed by atoms with Crippen LogP contribution >= 0.6 is 0 Å². The minimum Gasteiger partial charge on any atom is -0.373 e. The van der Waals surface area contributed by atoms with Gasteiger partial charge in [0.25, 0.3) is 0 Å². The molecule has 2 aromatic rings. The Morgan fingerprint density at radius 3 is 2.80 bits per heavy atom. The summed E-state index contributed by atoms with van der Waals surface area (Å²) in [7, 11) is 0. The van der Waals surface area contributed by atoms with E-state index in [1.807, 2.05) is 42.2 Å². The van der Waals surface area contributed by atoms with Crippen LogP contribution in [0.25, 0.3) is 10.9 Å². The second kappa shape index (κ2) is 5.49. The Hall–Kier alpha value is -2.10. The van der Waals surface area contributed by atoms with E-state index >= 15 is 0 Å². The van der Waals surface area contributed by atoms with Crippen molar-refractivity contribution >= 4 is 22.5 Å². The highest BCUT2D eigenvalue weighted by molar-refractivity contribution is 5.93. The monoisotopic (exact) mass is 269 g/mol. The zero-order valence-corrected chi connectivity index (χ0v) is 11.7. The molecule has 0 radical (unpaired) electrons. The van der Waals surface area contributed by atoms with Crippen LogP contribution in [-0.4, -0.2) is 34.9 Å². The van der Waals surface area contributed by atoms with Gasteiger partial charge in [0.05, 0.1) is 5.52 Å². The van der Waals surface area contributed by atoms with E-state index in [0.717, 1.165) is 42.5 Å². The van der Waals surface area contributed by atoms with Crippen LogP contribution in [0.4, 0.5) is 5.69 Å². The lowest BCUT2D eigenvalue weighted by atomic mass is 10.1. The topological polar surface area (TPSA) is 45.2 Å². The van der Waals surface area contributed by atoms with E-state index in [9.17, 15) is 4.79 Å². The number of carbonyl (C=O) groups is 1. The van der Waals surface area contributed by atoms with E-state index < -0.39 is 0 Å². The molecule has 2 heterocycles. The summed E-state index contributed by atoms with van der Waals surface area (Å²) in [6, 6.07) is 9.68. The minimum atomic E-state index is -0.209. The Labute approximate surface area is 118 Å². The summed E-state index contributed by atoms with van der Waals surface area (Å²) in [5.74, 6) is 0.184. The molecule has 0 aliphatic carbocycles.